The van der Waals surface area contributed by atoms with Crippen molar-refractivity contribution in [2.75, 3.05) is 34.5 Å². The number of aliphatic hydroxyl groups is 1. The third kappa shape index (κ3) is 6.76. The van der Waals surface area contributed by atoms with Crippen LogP contribution in [0.5, 0.6) is 11.5 Å². The number of rotatable bonds is 11. The average Bonchev–Trinajstić information content (AvgIpc) is 2.68. The lowest BCUT2D eigenvalue weighted by Crippen LogP contribution is -2.15. The lowest BCUT2D eigenvalue weighted by atomic mass is 10.1. The maximum Gasteiger partial charge on any atom is 0.345 e. The predicted molar refractivity (Wildman–Crippen MR) is 96.1 cm³/mol. The molecule has 0 fully saturated rings. The molecule has 0 atom stereocenters. The van der Waals surface area contributed by atoms with E-state index in [4.69, 9.17) is 14.6 Å². The lowest BCUT2D eigenvalue weighted by Gasteiger charge is -2.11. The minimum atomic E-state index is -0.779. The highest BCUT2D eigenvalue weighted by Crippen LogP contribution is 2.29. The summed E-state index contributed by atoms with van der Waals surface area (Å²) in [5.74, 6) is -0.495. The Kier molecular flexibility index (Phi) is 9.86. The summed E-state index contributed by atoms with van der Waals surface area (Å²) >= 11 is 0. The molecule has 1 aromatic rings. The van der Waals surface area contributed by atoms with Gasteiger partial charge in [0.2, 0.25) is 0 Å². The quantitative estimate of drug-likeness (QED) is 0.211. The van der Waals surface area contributed by atoms with Gasteiger partial charge >= 0.3 is 11.9 Å². The van der Waals surface area contributed by atoms with Crippen LogP contribution in [0.15, 0.2) is 23.8 Å². The van der Waals surface area contributed by atoms with Gasteiger partial charge in [-0.25, -0.2) is 9.59 Å². The first-order chi connectivity index (χ1) is 12.6. The van der Waals surface area contributed by atoms with Crippen LogP contribution < -0.4 is 9.47 Å². The minimum absolute atomic E-state index is 0.211. The second-order valence-corrected chi connectivity index (χ2v) is 5.44. The highest BCUT2D eigenvalue weighted by atomic mass is 16.5. The standard InChI is InChI=1S/C19H26O7/c1-23-17-13-14(12-15(18(21)24-2)19(22)25-3)8-9-16(17)26-11-7-5-4-6-10-20/h8-9,12-13,20H,4-7,10-11H2,1-3H3. The summed E-state index contributed by atoms with van der Waals surface area (Å²) in [6.45, 7) is 0.745. The third-order valence-corrected chi connectivity index (χ3v) is 3.62. The smallest absolute Gasteiger partial charge is 0.345 e. The minimum Gasteiger partial charge on any atom is -0.493 e. The van der Waals surface area contributed by atoms with Crippen LogP contribution in [-0.4, -0.2) is 51.6 Å². The molecule has 0 aliphatic rings. The fraction of sp³-hybridized carbons (Fsp3) is 0.474. The summed E-state index contributed by atoms with van der Waals surface area (Å²) in [7, 11) is 3.90. The molecule has 1 rings (SSSR count). The number of benzene rings is 1. The number of methoxy groups -OCH3 is 3. The second-order valence-electron chi connectivity index (χ2n) is 5.44. The van der Waals surface area contributed by atoms with Crippen LogP contribution in [0.3, 0.4) is 0 Å². The Morgan fingerprint density at radius 2 is 1.62 bits per heavy atom. The van der Waals surface area contributed by atoms with Crippen molar-refractivity contribution in [3.63, 3.8) is 0 Å². The van der Waals surface area contributed by atoms with Gasteiger partial charge in [-0.2, -0.15) is 0 Å². The Morgan fingerprint density at radius 1 is 0.962 bits per heavy atom. The first-order valence-electron chi connectivity index (χ1n) is 8.37. The van der Waals surface area contributed by atoms with Crippen LogP contribution in [0.2, 0.25) is 0 Å². The van der Waals surface area contributed by atoms with Crippen LogP contribution in [-0.2, 0) is 19.1 Å². The van der Waals surface area contributed by atoms with Crippen molar-refractivity contribution in [1.29, 1.82) is 0 Å². The van der Waals surface area contributed by atoms with Gasteiger partial charge in [-0.05, 0) is 43.0 Å². The van der Waals surface area contributed by atoms with Crippen LogP contribution in [0, 0.1) is 0 Å². The molecule has 0 amide bonds. The van der Waals surface area contributed by atoms with Crippen molar-refractivity contribution >= 4 is 18.0 Å². The maximum atomic E-state index is 11.7. The van der Waals surface area contributed by atoms with Gasteiger partial charge in [-0.15, -0.1) is 0 Å². The zero-order valence-corrected chi connectivity index (χ0v) is 15.4. The molecule has 0 radical (unpaired) electrons. The van der Waals surface area contributed by atoms with E-state index in [0.717, 1.165) is 25.7 Å². The number of carbonyl (C=O) groups excluding carboxylic acids is 2. The van der Waals surface area contributed by atoms with Crippen LogP contribution >= 0.6 is 0 Å². The normalized spacial score (nSPS) is 10.0. The summed E-state index contributed by atoms with van der Waals surface area (Å²) in [5, 5.41) is 8.75. The second kappa shape index (κ2) is 11.9. The summed E-state index contributed by atoms with van der Waals surface area (Å²) in [6, 6.07) is 5.08. The predicted octanol–water partition coefficient (Wildman–Crippen LogP) is 2.36. The van der Waals surface area contributed by atoms with Crippen LogP contribution in [0.4, 0.5) is 0 Å². The largest absolute Gasteiger partial charge is 0.493 e. The number of hydrogen-bond donors (Lipinski definition) is 1. The molecule has 1 N–H and O–H groups in total. The maximum absolute atomic E-state index is 11.7. The van der Waals surface area contributed by atoms with E-state index in [2.05, 4.69) is 9.47 Å². The Bertz CT molecular complexity index is 604. The molecule has 7 heteroatoms. The zero-order chi connectivity index (χ0) is 19.4. The van der Waals surface area contributed by atoms with Gasteiger partial charge in [0.15, 0.2) is 11.5 Å². The highest BCUT2D eigenvalue weighted by Gasteiger charge is 2.20. The van der Waals surface area contributed by atoms with E-state index in [9.17, 15) is 9.59 Å². The molecule has 0 saturated carbocycles. The Morgan fingerprint density at radius 3 is 2.19 bits per heavy atom. The molecular formula is C19H26O7. The molecule has 1 aromatic carbocycles. The molecule has 7 nitrogen and oxygen atoms in total. The van der Waals surface area contributed by atoms with Gasteiger partial charge in [0, 0.05) is 6.61 Å². The topological polar surface area (TPSA) is 91.3 Å². The van der Waals surface area contributed by atoms with Gasteiger partial charge in [-0.3, -0.25) is 0 Å². The number of esters is 2. The van der Waals surface area contributed by atoms with Gasteiger partial charge in [0.1, 0.15) is 5.57 Å². The Labute approximate surface area is 153 Å². The fourth-order valence-electron chi connectivity index (χ4n) is 2.23. The zero-order valence-electron chi connectivity index (χ0n) is 15.4. The van der Waals surface area contributed by atoms with E-state index in [0.29, 0.717) is 23.7 Å². The molecule has 26 heavy (non-hydrogen) atoms. The van der Waals surface area contributed by atoms with E-state index in [1.807, 2.05) is 0 Å². The van der Waals surface area contributed by atoms with E-state index in [-0.39, 0.29) is 12.2 Å². The fourth-order valence-corrected chi connectivity index (χ4v) is 2.23. The highest BCUT2D eigenvalue weighted by molar-refractivity contribution is 6.17. The van der Waals surface area contributed by atoms with E-state index in [1.54, 1.807) is 18.2 Å². The Balaban J connectivity index is 2.85. The number of aliphatic hydroxyl groups excluding tert-OH is 1. The number of unbranched alkanes of at least 4 members (excludes halogenated alkanes) is 3. The molecule has 0 aliphatic carbocycles. The van der Waals surface area contributed by atoms with Crippen molar-refractivity contribution in [1.82, 2.24) is 0 Å². The van der Waals surface area contributed by atoms with E-state index >= 15 is 0 Å². The summed E-state index contributed by atoms with van der Waals surface area (Å²) in [4.78, 5) is 23.4. The van der Waals surface area contributed by atoms with Crippen molar-refractivity contribution in [2.24, 2.45) is 0 Å². The van der Waals surface area contributed by atoms with Gasteiger partial charge in [-0.1, -0.05) is 12.5 Å². The summed E-state index contributed by atoms with van der Waals surface area (Å²) in [6.07, 6.45) is 4.99. The number of hydrogen-bond acceptors (Lipinski definition) is 7. The van der Waals surface area contributed by atoms with Gasteiger partial charge in [0.05, 0.1) is 27.9 Å². The molecule has 144 valence electrons. The first-order valence-corrected chi connectivity index (χ1v) is 8.37. The molecule has 0 aliphatic heterocycles. The molecule has 0 heterocycles. The van der Waals surface area contributed by atoms with Crippen LogP contribution in [0.1, 0.15) is 31.2 Å². The van der Waals surface area contributed by atoms with E-state index < -0.39 is 11.9 Å². The summed E-state index contributed by atoms with van der Waals surface area (Å²) in [5.41, 5.74) is 0.359. The molecule has 0 unspecified atom stereocenters. The van der Waals surface area contributed by atoms with Crippen molar-refractivity contribution in [3.05, 3.63) is 29.3 Å². The van der Waals surface area contributed by atoms with Gasteiger partial charge in [0.25, 0.3) is 0 Å². The first kappa shape index (κ1) is 21.5. The molecule has 0 spiro atoms. The number of carbonyl (C=O) groups is 2. The Hall–Kier alpha value is -2.54. The average molecular weight is 366 g/mol. The van der Waals surface area contributed by atoms with Gasteiger partial charge < -0.3 is 24.1 Å². The lowest BCUT2D eigenvalue weighted by molar-refractivity contribution is -0.143. The van der Waals surface area contributed by atoms with Crippen molar-refractivity contribution in [2.45, 2.75) is 25.7 Å². The molecular weight excluding hydrogens is 340 g/mol. The molecule has 0 bridgehead atoms. The van der Waals surface area contributed by atoms with Crippen LogP contribution in [0.25, 0.3) is 6.08 Å². The summed E-state index contributed by atoms with van der Waals surface area (Å²) < 4.78 is 20.2. The number of ether oxygens (including phenoxy) is 4. The molecule has 0 aromatic heterocycles. The van der Waals surface area contributed by atoms with E-state index in [1.165, 1.54) is 27.4 Å². The monoisotopic (exact) mass is 366 g/mol. The third-order valence-electron chi connectivity index (χ3n) is 3.62. The SMILES string of the molecule is COC(=O)C(=Cc1ccc(OCCCCCCO)c(OC)c1)C(=O)OC. The van der Waals surface area contributed by atoms with Crippen molar-refractivity contribution < 1.29 is 33.6 Å². The molecule has 0 saturated heterocycles. The van der Waals surface area contributed by atoms with Crippen molar-refractivity contribution in [3.8, 4) is 11.5 Å².